The van der Waals surface area contributed by atoms with Crippen LogP contribution in [0.3, 0.4) is 0 Å². The fourth-order valence-corrected chi connectivity index (χ4v) is 3.16. The van der Waals surface area contributed by atoms with E-state index in [4.69, 9.17) is 9.47 Å². The highest BCUT2D eigenvalue weighted by molar-refractivity contribution is 9.11. The van der Waals surface area contributed by atoms with Gasteiger partial charge in [0, 0.05) is 37.1 Å². The molecular weight excluding hydrogens is 270 g/mol. The first kappa shape index (κ1) is 12.6. The van der Waals surface area contributed by atoms with Gasteiger partial charge in [-0.2, -0.15) is 0 Å². The van der Waals surface area contributed by atoms with Crippen LogP contribution < -0.4 is 0 Å². The predicted octanol–water partition coefficient (Wildman–Crippen LogP) is 2.16. The Morgan fingerprint density at radius 3 is 2.75 bits per heavy atom. The van der Waals surface area contributed by atoms with Crippen LogP contribution >= 0.6 is 15.9 Å². The summed E-state index contributed by atoms with van der Waals surface area (Å²) in [6.07, 6.45) is 1.00. The average Bonchev–Trinajstić information content (AvgIpc) is 2.47. The Labute approximate surface area is 106 Å². The first-order valence-electron chi connectivity index (χ1n) is 5.74. The van der Waals surface area contributed by atoms with Gasteiger partial charge in [0.1, 0.15) is 5.60 Å². The molecule has 0 aromatic carbocycles. The second-order valence-corrected chi connectivity index (χ2v) is 6.63. The lowest BCUT2D eigenvalue weighted by atomic mass is 9.95. The van der Waals surface area contributed by atoms with Gasteiger partial charge in [0.25, 0.3) is 0 Å². The Balaban J connectivity index is 2.09. The largest absolute Gasteiger partial charge is 0.378 e. The average molecular weight is 290 g/mol. The van der Waals surface area contributed by atoms with Crippen molar-refractivity contribution >= 4 is 15.9 Å². The second kappa shape index (κ2) is 4.41. The van der Waals surface area contributed by atoms with Crippen molar-refractivity contribution in [3.8, 4) is 0 Å². The quantitative estimate of drug-likeness (QED) is 0.778. The molecule has 3 nitrogen and oxygen atoms in total. The summed E-state index contributed by atoms with van der Waals surface area (Å²) < 4.78 is 12.7. The molecule has 0 aliphatic carbocycles. The van der Waals surface area contributed by atoms with E-state index in [1.165, 1.54) is 0 Å². The van der Waals surface area contributed by atoms with Gasteiger partial charge in [-0.15, -0.1) is 0 Å². The van der Waals surface area contributed by atoms with Gasteiger partial charge in [0.15, 0.2) is 0 Å². The number of morpholine rings is 1. The summed E-state index contributed by atoms with van der Waals surface area (Å²) in [6, 6.07) is 0. The smallest absolute Gasteiger partial charge is 0.107 e. The Kier molecular flexibility index (Phi) is 3.46. The molecule has 92 valence electrons. The third-order valence-electron chi connectivity index (χ3n) is 3.07. The maximum Gasteiger partial charge on any atom is 0.107 e. The lowest BCUT2D eigenvalue weighted by Gasteiger charge is -2.48. The van der Waals surface area contributed by atoms with Crippen molar-refractivity contribution in [1.82, 2.24) is 4.90 Å². The van der Waals surface area contributed by atoms with Crippen LogP contribution in [0.25, 0.3) is 0 Å². The minimum atomic E-state index is -0.103. The van der Waals surface area contributed by atoms with Crippen LogP contribution in [0.1, 0.15) is 20.3 Å². The summed E-state index contributed by atoms with van der Waals surface area (Å²) in [6.45, 7) is 12.5. The molecule has 1 atom stereocenters. The van der Waals surface area contributed by atoms with Crippen molar-refractivity contribution in [1.29, 1.82) is 0 Å². The fourth-order valence-electron chi connectivity index (χ4n) is 2.80. The van der Waals surface area contributed by atoms with Gasteiger partial charge in [0.05, 0.1) is 12.2 Å². The van der Waals surface area contributed by atoms with Crippen molar-refractivity contribution in [2.75, 3.05) is 32.8 Å². The summed E-state index contributed by atoms with van der Waals surface area (Å²) in [5.74, 6) is 0. The standard InChI is InChI=1S/C12H20BrNO2/c1-10(13)6-14-7-11(2,3)16-12(8-14)4-5-15-9-12/h1,4-9H2,2-3H3/t12-/m1/s1. The van der Waals surface area contributed by atoms with E-state index in [1.54, 1.807) is 0 Å². The SMILES string of the molecule is C=C(Br)CN1CC(C)(C)O[C@]2(CCOC2)C1. The Hall–Kier alpha value is 0.1000. The molecule has 0 saturated carbocycles. The van der Waals surface area contributed by atoms with Gasteiger partial charge in [-0.3, -0.25) is 4.90 Å². The van der Waals surface area contributed by atoms with E-state index in [0.717, 1.165) is 43.8 Å². The van der Waals surface area contributed by atoms with Gasteiger partial charge in [-0.05, 0) is 13.8 Å². The summed E-state index contributed by atoms with van der Waals surface area (Å²) in [7, 11) is 0. The third kappa shape index (κ3) is 2.86. The lowest BCUT2D eigenvalue weighted by molar-refractivity contribution is -0.193. The zero-order valence-corrected chi connectivity index (χ0v) is 11.7. The molecule has 2 rings (SSSR count). The minimum Gasteiger partial charge on any atom is -0.378 e. The molecule has 16 heavy (non-hydrogen) atoms. The summed E-state index contributed by atoms with van der Waals surface area (Å²) >= 11 is 3.44. The molecule has 0 unspecified atom stereocenters. The number of nitrogens with zero attached hydrogens (tertiary/aromatic N) is 1. The van der Waals surface area contributed by atoms with Crippen LogP contribution in [0.2, 0.25) is 0 Å². The summed E-state index contributed by atoms with van der Waals surface area (Å²) in [5.41, 5.74) is -0.196. The Morgan fingerprint density at radius 2 is 2.19 bits per heavy atom. The van der Waals surface area contributed by atoms with E-state index >= 15 is 0 Å². The van der Waals surface area contributed by atoms with Crippen LogP contribution in [0, 0.1) is 0 Å². The monoisotopic (exact) mass is 289 g/mol. The number of ether oxygens (including phenoxy) is 2. The maximum absolute atomic E-state index is 6.22. The number of rotatable bonds is 2. The number of hydrogen-bond donors (Lipinski definition) is 0. The first-order chi connectivity index (χ1) is 7.41. The molecule has 1 spiro atoms. The van der Waals surface area contributed by atoms with Crippen LogP contribution in [0.5, 0.6) is 0 Å². The zero-order valence-electron chi connectivity index (χ0n) is 10.1. The van der Waals surface area contributed by atoms with E-state index in [1.807, 2.05) is 0 Å². The summed E-state index contributed by atoms with van der Waals surface area (Å²) in [5, 5.41) is 0. The molecular formula is C12H20BrNO2. The molecule has 2 fully saturated rings. The topological polar surface area (TPSA) is 21.7 Å². The fraction of sp³-hybridized carbons (Fsp3) is 0.833. The van der Waals surface area contributed by atoms with Gasteiger partial charge in [0.2, 0.25) is 0 Å². The highest BCUT2D eigenvalue weighted by Crippen LogP contribution is 2.34. The van der Waals surface area contributed by atoms with Gasteiger partial charge >= 0.3 is 0 Å². The predicted molar refractivity (Wildman–Crippen MR) is 67.8 cm³/mol. The van der Waals surface area contributed by atoms with E-state index < -0.39 is 0 Å². The molecule has 4 heteroatoms. The normalized spacial score (nSPS) is 34.4. The van der Waals surface area contributed by atoms with E-state index in [0.29, 0.717) is 0 Å². The second-order valence-electron chi connectivity index (χ2n) is 5.51. The van der Waals surface area contributed by atoms with Crippen molar-refractivity contribution < 1.29 is 9.47 Å². The van der Waals surface area contributed by atoms with Crippen molar-refractivity contribution in [2.45, 2.75) is 31.5 Å². The van der Waals surface area contributed by atoms with Gasteiger partial charge in [-0.25, -0.2) is 0 Å². The Bertz CT molecular complexity index is 285. The molecule has 0 radical (unpaired) electrons. The van der Waals surface area contributed by atoms with E-state index in [2.05, 4.69) is 41.3 Å². The third-order valence-corrected chi connectivity index (χ3v) is 3.32. The van der Waals surface area contributed by atoms with Crippen LogP contribution in [0.4, 0.5) is 0 Å². The highest BCUT2D eigenvalue weighted by atomic mass is 79.9. The Morgan fingerprint density at radius 1 is 1.44 bits per heavy atom. The number of halogens is 1. The van der Waals surface area contributed by atoms with Crippen LogP contribution in [-0.4, -0.2) is 49.0 Å². The minimum absolute atomic E-state index is 0.0931. The molecule has 0 aromatic heterocycles. The molecule has 2 heterocycles. The van der Waals surface area contributed by atoms with Crippen LogP contribution in [0.15, 0.2) is 11.1 Å². The molecule has 0 aromatic rings. The molecule has 2 aliphatic rings. The van der Waals surface area contributed by atoms with Crippen LogP contribution in [-0.2, 0) is 9.47 Å². The highest BCUT2D eigenvalue weighted by Gasteiger charge is 2.46. The van der Waals surface area contributed by atoms with Gasteiger partial charge in [-0.1, -0.05) is 22.5 Å². The number of hydrogen-bond acceptors (Lipinski definition) is 3. The molecule has 2 saturated heterocycles. The lowest BCUT2D eigenvalue weighted by Crippen LogP contribution is -2.60. The molecule has 0 N–H and O–H groups in total. The van der Waals surface area contributed by atoms with E-state index in [-0.39, 0.29) is 11.2 Å². The van der Waals surface area contributed by atoms with Crippen molar-refractivity contribution in [3.63, 3.8) is 0 Å². The maximum atomic E-state index is 6.22. The summed E-state index contributed by atoms with van der Waals surface area (Å²) in [4.78, 5) is 2.40. The van der Waals surface area contributed by atoms with Gasteiger partial charge < -0.3 is 9.47 Å². The molecule has 0 amide bonds. The molecule has 2 aliphatic heterocycles. The van der Waals surface area contributed by atoms with Crippen molar-refractivity contribution in [3.05, 3.63) is 11.1 Å². The molecule has 0 bridgehead atoms. The van der Waals surface area contributed by atoms with Crippen molar-refractivity contribution in [2.24, 2.45) is 0 Å². The van der Waals surface area contributed by atoms with E-state index in [9.17, 15) is 0 Å². The first-order valence-corrected chi connectivity index (χ1v) is 6.54. The zero-order chi connectivity index (χ0) is 11.8.